The lowest BCUT2D eigenvalue weighted by Crippen LogP contribution is -2.18. The zero-order valence-electron chi connectivity index (χ0n) is 8.05. The SMILES string of the molecule is CNC(=O)c1cc(C(C)C)oc1N. The van der Waals surface area contributed by atoms with Gasteiger partial charge in [-0.3, -0.25) is 4.79 Å². The summed E-state index contributed by atoms with van der Waals surface area (Å²) in [7, 11) is 1.56. The van der Waals surface area contributed by atoms with E-state index < -0.39 is 0 Å². The van der Waals surface area contributed by atoms with Crippen LogP contribution in [-0.2, 0) is 0 Å². The molecule has 4 nitrogen and oxygen atoms in total. The summed E-state index contributed by atoms with van der Waals surface area (Å²) in [5, 5.41) is 2.50. The van der Waals surface area contributed by atoms with Crippen LogP contribution in [0.3, 0.4) is 0 Å². The highest BCUT2D eigenvalue weighted by Gasteiger charge is 2.15. The van der Waals surface area contributed by atoms with Gasteiger partial charge in [0.15, 0.2) is 0 Å². The van der Waals surface area contributed by atoms with Crippen LogP contribution >= 0.6 is 0 Å². The summed E-state index contributed by atoms with van der Waals surface area (Å²) in [6, 6.07) is 1.68. The molecule has 4 heteroatoms. The third-order valence-electron chi connectivity index (χ3n) is 1.82. The molecule has 1 rings (SSSR count). The van der Waals surface area contributed by atoms with Gasteiger partial charge in [-0.2, -0.15) is 0 Å². The van der Waals surface area contributed by atoms with Gasteiger partial charge in [-0.05, 0) is 6.07 Å². The third-order valence-corrected chi connectivity index (χ3v) is 1.82. The Morgan fingerprint density at radius 1 is 1.62 bits per heavy atom. The van der Waals surface area contributed by atoms with Crippen molar-refractivity contribution < 1.29 is 9.21 Å². The molecule has 0 spiro atoms. The lowest BCUT2D eigenvalue weighted by atomic mass is 10.1. The number of amides is 1. The first-order valence-corrected chi connectivity index (χ1v) is 4.17. The van der Waals surface area contributed by atoms with E-state index >= 15 is 0 Å². The Labute approximate surface area is 77.1 Å². The minimum Gasteiger partial charge on any atom is -0.445 e. The number of carbonyl (C=O) groups excluding carboxylic acids is 1. The second-order valence-electron chi connectivity index (χ2n) is 3.16. The Morgan fingerprint density at radius 3 is 2.62 bits per heavy atom. The number of furan rings is 1. The molecule has 0 fully saturated rings. The van der Waals surface area contributed by atoms with Crippen LogP contribution in [0.15, 0.2) is 10.5 Å². The molecule has 1 aromatic rings. The fraction of sp³-hybridized carbons (Fsp3) is 0.444. The average molecular weight is 182 g/mol. The van der Waals surface area contributed by atoms with E-state index in [1.807, 2.05) is 13.8 Å². The maximum Gasteiger partial charge on any atom is 0.256 e. The van der Waals surface area contributed by atoms with Gasteiger partial charge in [-0.15, -0.1) is 0 Å². The molecule has 0 aromatic carbocycles. The lowest BCUT2D eigenvalue weighted by molar-refractivity contribution is 0.0963. The lowest BCUT2D eigenvalue weighted by Gasteiger charge is -1.95. The van der Waals surface area contributed by atoms with E-state index in [0.717, 1.165) is 5.76 Å². The summed E-state index contributed by atoms with van der Waals surface area (Å²) >= 11 is 0. The number of hydrogen-bond donors (Lipinski definition) is 2. The predicted molar refractivity (Wildman–Crippen MR) is 50.6 cm³/mol. The number of nitrogen functional groups attached to an aromatic ring is 1. The van der Waals surface area contributed by atoms with E-state index in [2.05, 4.69) is 5.32 Å². The van der Waals surface area contributed by atoms with Crippen LogP contribution in [-0.4, -0.2) is 13.0 Å². The smallest absolute Gasteiger partial charge is 0.256 e. The molecule has 0 unspecified atom stereocenters. The molecular weight excluding hydrogens is 168 g/mol. The van der Waals surface area contributed by atoms with Gasteiger partial charge in [0, 0.05) is 13.0 Å². The van der Waals surface area contributed by atoms with Crippen molar-refractivity contribution >= 4 is 11.8 Å². The molecule has 1 aromatic heterocycles. The first-order chi connectivity index (χ1) is 6.06. The minimum atomic E-state index is -0.215. The first kappa shape index (κ1) is 9.64. The van der Waals surface area contributed by atoms with Crippen molar-refractivity contribution in [1.82, 2.24) is 5.32 Å². The molecule has 1 amide bonds. The third kappa shape index (κ3) is 1.83. The maximum absolute atomic E-state index is 11.2. The fourth-order valence-corrected chi connectivity index (χ4v) is 1.02. The molecule has 0 saturated carbocycles. The van der Waals surface area contributed by atoms with Gasteiger partial charge in [0.1, 0.15) is 11.3 Å². The van der Waals surface area contributed by atoms with E-state index in [4.69, 9.17) is 10.2 Å². The Kier molecular flexibility index (Phi) is 2.60. The van der Waals surface area contributed by atoms with Crippen molar-refractivity contribution in [3.63, 3.8) is 0 Å². The van der Waals surface area contributed by atoms with E-state index in [1.165, 1.54) is 0 Å². The van der Waals surface area contributed by atoms with Gasteiger partial charge in [-0.25, -0.2) is 0 Å². The quantitative estimate of drug-likeness (QED) is 0.725. The second kappa shape index (κ2) is 3.51. The highest BCUT2D eigenvalue weighted by molar-refractivity contribution is 5.98. The molecule has 1 heterocycles. The Hall–Kier alpha value is -1.45. The molecule has 0 saturated heterocycles. The number of hydrogen-bond acceptors (Lipinski definition) is 3. The summed E-state index contributed by atoms with van der Waals surface area (Å²) in [5.41, 5.74) is 5.94. The van der Waals surface area contributed by atoms with E-state index in [1.54, 1.807) is 13.1 Å². The molecule has 0 aliphatic carbocycles. The monoisotopic (exact) mass is 182 g/mol. The highest BCUT2D eigenvalue weighted by atomic mass is 16.4. The number of nitrogens with one attached hydrogen (secondary N) is 1. The normalized spacial score (nSPS) is 10.5. The number of anilines is 1. The Morgan fingerprint density at radius 2 is 2.23 bits per heavy atom. The van der Waals surface area contributed by atoms with Gasteiger partial charge in [0.2, 0.25) is 5.88 Å². The predicted octanol–water partition coefficient (Wildman–Crippen LogP) is 1.34. The topological polar surface area (TPSA) is 68.3 Å². The Balaban J connectivity index is 3.03. The number of rotatable bonds is 2. The van der Waals surface area contributed by atoms with Gasteiger partial charge < -0.3 is 15.5 Å². The van der Waals surface area contributed by atoms with Crippen LogP contribution in [0.25, 0.3) is 0 Å². The van der Waals surface area contributed by atoms with Gasteiger partial charge in [0.05, 0.1) is 0 Å². The van der Waals surface area contributed by atoms with Crippen molar-refractivity contribution in [3.05, 3.63) is 17.4 Å². The summed E-state index contributed by atoms with van der Waals surface area (Å²) in [6.07, 6.45) is 0. The summed E-state index contributed by atoms with van der Waals surface area (Å²) in [5.74, 6) is 0.938. The van der Waals surface area contributed by atoms with Crippen LogP contribution in [0.5, 0.6) is 0 Å². The molecule has 0 bridgehead atoms. The molecule has 0 radical (unpaired) electrons. The van der Waals surface area contributed by atoms with E-state index in [0.29, 0.717) is 5.56 Å². The fourth-order valence-electron chi connectivity index (χ4n) is 1.02. The van der Waals surface area contributed by atoms with Crippen LogP contribution in [0.4, 0.5) is 5.88 Å². The molecule has 72 valence electrons. The van der Waals surface area contributed by atoms with Crippen molar-refractivity contribution in [2.75, 3.05) is 12.8 Å². The van der Waals surface area contributed by atoms with Crippen LogP contribution in [0.2, 0.25) is 0 Å². The zero-order chi connectivity index (χ0) is 10.0. The van der Waals surface area contributed by atoms with Crippen molar-refractivity contribution in [3.8, 4) is 0 Å². The molecular formula is C9H14N2O2. The van der Waals surface area contributed by atoms with E-state index in [-0.39, 0.29) is 17.7 Å². The van der Waals surface area contributed by atoms with Crippen molar-refractivity contribution in [1.29, 1.82) is 0 Å². The Bertz CT molecular complexity index is 315. The molecule has 0 aliphatic heterocycles. The number of carbonyl (C=O) groups is 1. The zero-order valence-corrected chi connectivity index (χ0v) is 8.05. The minimum absolute atomic E-state index is 0.183. The molecule has 13 heavy (non-hydrogen) atoms. The summed E-state index contributed by atoms with van der Waals surface area (Å²) < 4.78 is 5.22. The first-order valence-electron chi connectivity index (χ1n) is 4.17. The maximum atomic E-state index is 11.2. The van der Waals surface area contributed by atoms with Crippen LogP contribution in [0.1, 0.15) is 35.9 Å². The molecule has 0 aliphatic rings. The van der Waals surface area contributed by atoms with Gasteiger partial charge in [0.25, 0.3) is 5.91 Å². The standard InChI is InChI=1S/C9H14N2O2/c1-5(2)7-4-6(8(10)13-7)9(12)11-3/h4-5H,10H2,1-3H3,(H,11,12). The average Bonchev–Trinajstić information content (AvgIpc) is 2.46. The highest BCUT2D eigenvalue weighted by Crippen LogP contribution is 2.23. The summed E-state index contributed by atoms with van der Waals surface area (Å²) in [4.78, 5) is 11.2. The van der Waals surface area contributed by atoms with Crippen LogP contribution < -0.4 is 11.1 Å². The van der Waals surface area contributed by atoms with E-state index in [9.17, 15) is 4.79 Å². The largest absolute Gasteiger partial charge is 0.445 e. The molecule has 0 atom stereocenters. The van der Waals surface area contributed by atoms with Gasteiger partial charge in [-0.1, -0.05) is 13.8 Å². The van der Waals surface area contributed by atoms with Crippen molar-refractivity contribution in [2.45, 2.75) is 19.8 Å². The molecule has 3 N–H and O–H groups in total. The van der Waals surface area contributed by atoms with Crippen LogP contribution in [0, 0.1) is 0 Å². The summed E-state index contributed by atoms with van der Waals surface area (Å²) in [6.45, 7) is 3.96. The van der Waals surface area contributed by atoms with Crippen molar-refractivity contribution in [2.24, 2.45) is 0 Å². The second-order valence-corrected chi connectivity index (χ2v) is 3.16. The number of nitrogens with two attached hydrogens (primary N) is 1. The van der Waals surface area contributed by atoms with Gasteiger partial charge >= 0.3 is 0 Å².